The molecule has 1 heterocycles. The molecule has 0 aromatic heterocycles. The smallest absolute Gasteiger partial charge is 0.338 e. The molecule has 0 radical (unpaired) electrons. The molecule has 2 aromatic rings. The van der Waals surface area contributed by atoms with Crippen molar-refractivity contribution in [3.63, 3.8) is 0 Å². The van der Waals surface area contributed by atoms with Crippen molar-refractivity contribution < 1.29 is 23.9 Å². The second-order valence-electron chi connectivity index (χ2n) is 6.77. The highest BCUT2D eigenvalue weighted by atomic mass is 32.1. The van der Waals surface area contributed by atoms with Gasteiger partial charge in [0.1, 0.15) is 0 Å². The third-order valence-electron chi connectivity index (χ3n) is 4.51. The van der Waals surface area contributed by atoms with Crippen LogP contribution in [-0.2, 0) is 9.53 Å². The van der Waals surface area contributed by atoms with Crippen LogP contribution in [0.3, 0.4) is 0 Å². The van der Waals surface area contributed by atoms with Crippen molar-refractivity contribution in [2.75, 3.05) is 18.5 Å². The summed E-state index contributed by atoms with van der Waals surface area (Å²) in [5, 5.41) is 5.41. The first-order valence-electron chi connectivity index (χ1n) is 9.74. The molecule has 2 aromatic carbocycles. The third kappa shape index (κ3) is 5.32. The highest BCUT2D eigenvalue weighted by Crippen LogP contribution is 2.22. The van der Waals surface area contributed by atoms with Crippen LogP contribution in [0.2, 0.25) is 0 Å². The van der Waals surface area contributed by atoms with Gasteiger partial charge in [-0.25, -0.2) is 4.79 Å². The quantitative estimate of drug-likeness (QED) is 0.388. The Morgan fingerprint density at radius 1 is 1.00 bits per heavy atom. The van der Waals surface area contributed by atoms with Gasteiger partial charge in [0.25, 0.3) is 11.8 Å². The molecule has 2 N–H and O–H groups in total. The van der Waals surface area contributed by atoms with E-state index in [-0.39, 0.29) is 18.1 Å². The Bertz CT molecular complexity index is 1000. The maximum Gasteiger partial charge on any atom is 0.338 e. The van der Waals surface area contributed by atoms with Gasteiger partial charge in [0, 0.05) is 18.7 Å². The third-order valence-corrected chi connectivity index (χ3v) is 4.71. The Hall–Kier alpha value is -3.59. The predicted molar refractivity (Wildman–Crippen MR) is 118 cm³/mol. The van der Waals surface area contributed by atoms with Crippen LogP contribution in [0, 0.1) is 0 Å². The van der Waals surface area contributed by atoms with E-state index in [1.165, 1.54) is 0 Å². The number of hydrogen-bond acceptors (Lipinski definition) is 6. The first-order chi connectivity index (χ1) is 14.9. The van der Waals surface area contributed by atoms with E-state index >= 15 is 0 Å². The van der Waals surface area contributed by atoms with Gasteiger partial charge in [-0.3, -0.25) is 19.3 Å². The van der Waals surface area contributed by atoms with Crippen LogP contribution in [0.4, 0.5) is 5.69 Å². The highest BCUT2D eigenvalue weighted by Gasteiger charge is 2.34. The SMILES string of the molecule is CCCOC(=O)c1ccc(NC(=S)NC(=O)CCN2C(=O)c3ccccc3C2=O)cc1. The summed E-state index contributed by atoms with van der Waals surface area (Å²) in [6, 6.07) is 13.0. The number of nitrogens with one attached hydrogen (secondary N) is 2. The lowest BCUT2D eigenvalue weighted by molar-refractivity contribution is -0.119. The average molecular weight is 439 g/mol. The first kappa shape index (κ1) is 22.1. The second-order valence-corrected chi connectivity index (χ2v) is 7.18. The molecule has 0 fully saturated rings. The minimum absolute atomic E-state index is 0.0463. The number of carbonyl (C=O) groups is 4. The predicted octanol–water partition coefficient (Wildman–Crippen LogP) is 2.75. The van der Waals surface area contributed by atoms with Gasteiger partial charge < -0.3 is 15.4 Å². The summed E-state index contributed by atoms with van der Waals surface area (Å²) < 4.78 is 5.06. The second kappa shape index (κ2) is 9.94. The lowest BCUT2D eigenvalue weighted by Crippen LogP contribution is -2.38. The molecule has 0 aliphatic carbocycles. The van der Waals surface area contributed by atoms with Crippen molar-refractivity contribution in [1.29, 1.82) is 0 Å². The number of imide groups is 1. The van der Waals surface area contributed by atoms with Crippen molar-refractivity contribution in [3.8, 4) is 0 Å². The number of benzene rings is 2. The number of ether oxygens (including phenoxy) is 1. The maximum atomic E-state index is 12.3. The average Bonchev–Trinajstić information content (AvgIpc) is 3.01. The van der Waals surface area contributed by atoms with Crippen molar-refractivity contribution in [3.05, 3.63) is 65.2 Å². The zero-order valence-corrected chi connectivity index (χ0v) is 17.7. The van der Waals surface area contributed by atoms with E-state index < -0.39 is 23.7 Å². The zero-order valence-electron chi connectivity index (χ0n) is 16.8. The number of hydrogen-bond donors (Lipinski definition) is 2. The Morgan fingerprint density at radius 3 is 2.19 bits per heavy atom. The van der Waals surface area contributed by atoms with E-state index in [4.69, 9.17) is 17.0 Å². The number of esters is 1. The summed E-state index contributed by atoms with van der Waals surface area (Å²) in [5.74, 6) is -1.66. The number of amides is 3. The molecule has 160 valence electrons. The Morgan fingerprint density at radius 2 is 1.61 bits per heavy atom. The summed E-state index contributed by atoms with van der Waals surface area (Å²) in [7, 11) is 0. The molecular formula is C22H21N3O5S. The van der Waals surface area contributed by atoms with Gasteiger partial charge in [-0.2, -0.15) is 0 Å². The molecule has 3 rings (SSSR count). The first-order valence-corrected chi connectivity index (χ1v) is 10.1. The lowest BCUT2D eigenvalue weighted by Gasteiger charge is -2.14. The topological polar surface area (TPSA) is 105 Å². The van der Waals surface area contributed by atoms with Gasteiger partial charge in [-0.15, -0.1) is 0 Å². The van der Waals surface area contributed by atoms with Crippen molar-refractivity contribution in [2.24, 2.45) is 0 Å². The van der Waals surface area contributed by atoms with Crippen LogP contribution in [0.5, 0.6) is 0 Å². The highest BCUT2D eigenvalue weighted by molar-refractivity contribution is 7.80. The van der Waals surface area contributed by atoms with Crippen LogP contribution < -0.4 is 10.6 Å². The molecule has 1 aliphatic rings. The standard InChI is InChI=1S/C22H21N3O5S/c1-2-13-30-21(29)14-7-9-15(10-8-14)23-22(31)24-18(26)11-12-25-19(27)16-5-3-4-6-17(16)20(25)28/h3-10H,2,11-13H2,1H3,(H2,23,24,26,31). The summed E-state index contributed by atoms with van der Waals surface area (Å²) in [6.45, 7) is 2.22. The summed E-state index contributed by atoms with van der Waals surface area (Å²) in [6.07, 6.45) is 0.655. The minimum atomic E-state index is -0.436. The van der Waals surface area contributed by atoms with E-state index in [1.807, 2.05) is 6.92 Å². The van der Waals surface area contributed by atoms with E-state index in [0.717, 1.165) is 11.3 Å². The number of thiocarbonyl (C=S) groups is 1. The lowest BCUT2D eigenvalue weighted by atomic mass is 10.1. The normalized spacial score (nSPS) is 12.4. The molecule has 8 nitrogen and oxygen atoms in total. The number of anilines is 1. The minimum Gasteiger partial charge on any atom is -0.462 e. The zero-order chi connectivity index (χ0) is 22.4. The van der Waals surface area contributed by atoms with E-state index in [2.05, 4.69) is 10.6 Å². The fourth-order valence-corrected chi connectivity index (χ4v) is 3.21. The molecule has 3 amide bonds. The van der Waals surface area contributed by atoms with Crippen LogP contribution in [0.1, 0.15) is 50.8 Å². The van der Waals surface area contributed by atoms with Gasteiger partial charge in [0.2, 0.25) is 5.91 Å². The molecule has 0 unspecified atom stereocenters. The number of rotatable bonds is 7. The van der Waals surface area contributed by atoms with Crippen molar-refractivity contribution >= 4 is 46.7 Å². The molecule has 9 heteroatoms. The molecule has 0 saturated heterocycles. The summed E-state index contributed by atoms with van der Waals surface area (Å²) >= 11 is 5.12. The van der Waals surface area contributed by atoms with Crippen LogP contribution in [0.15, 0.2) is 48.5 Å². The van der Waals surface area contributed by atoms with E-state index in [1.54, 1.807) is 48.5 Å². The largest absolute Gasteiger partial charge is 0.462 e. The van der Waals surface area contributed by atoms with Crippen LogP contribution in [-0.4, -0.2) is 46.9 Å². The van der Waals surface area contributed by atoms with Crippen LogP contribution >= 0.6 is 12.2 Å². The molecule has 0 bridgehead atoms. The number of carbonyl (C=O) groups excluding carboxylic acids is 4. The Kier molecular flexibility index (Phi) is 7.09. The fraction of sp³-hybridized carbons (Fsp3) is 0.227. The Labute approximate surface area is 184 Å². The van der Waals surface area contributed by atoms with Crippen molar-refractivity contribution in [1.82, 2.24) is 10.2 Å². The monoisotopic (exact) mass is 439 g/mol. The Balaban J connectivity index is 1.47. The molecule has 0 atom stereocenters. The number of fused-ring (bicyclic) bond motifs is 1. The summed E-state index contributed by atoms with van der Waals surface area (Å²) in [4.78, 5) is 49.7. The maximum absolute atomic E-state index is 12.3. The van der Waals surface area contributed by atoms with Crippen molar-refractivity contribution in [2.45, 2.75) is 19.8 Å². The van der Waals surface area contributed by atoms with Crippen LogP contribution in [0.25, 0.3) is 0 Å². The summed E-state index contributed by atoms with van der Waals surface area (Å²) in [5.41, 5.74) is 1.67. The fourth-order valence-electron chi connectivity index (χ4n) is 2.97. The van der Waals surface area contributed by atoms with Gasteiger partial charge in [0.05, 0.1) is 23.3 Å². The van der Waals surface area contributed by atoms with Gasteiger partial charge >= 0.3 is 5.97 Å². The van der Waals surface area contributed by atoms with Gasteiger partial charge in [0.15, 0.2) is 5.11 Å². The molecule has 0 saturated carbocycles. The molecule has 31 heavy (non-hydrogen) atoms. The van der Waals surface area contributed by atoms with Gasteiger partial charge in [-0.05, 0) is 55.0 Å². The van der Waals surface area contributed by atoms with E-state index in [0.29, 0.717) is 29.0 Å². The molecular weight excluding hydrogens is 418 g/mol. The molecule has 1 aliphatic heterocycles. The van der Waals surface area contributed by atoms with Gasteiger partial charge in [-0.1, -0.05) is 19.1 Å². The molecule has 0 spiro atoms. The number of nitrogens with zero attached hydrogens (tertiary/aromatic N) is 1. The van der Waals surface area contributed by atoms with E-state index in [9.17, 15) is 19.2 Å².